The molecule has 1 saturated heterocycles. The Hall–Kier alpha value is -1.85. The quantitative estimate of drug-likeness (QED) is 0.740. The minimum Gasteiger partial charge on any atom is -0.295 e. The van der Waals surface area contributed by atoms with Gasteiger partial charge in [-0.25, -0.2) is 4.98 Å². The number of carbonyl (C=O) groups is 1. The molecule has 1 aromatic heterocycles. The summed E-state index contributed by atoms with van der Waals surface area (Å²) in [7, 11) is 0. The molecule has 0 bridgehead atoms. The number of carbonyl (C=O) groups excluding carboxylic acids is 1. The maximum absolute atomic E-state index is 11.8. The van der Waals surface area contributed by atoms with Crippen molar-refractivity contribution in [3.8, 4) is 18.4 Å². The predicted molar refractivity (Wildman–Crippen MR) is 65.9 cm³/mol. The van der Waals surface area contributed by atoms with Crippen molar-refractivity contribution in [3.05, 3.63) is 22.3 Å². The van der Waals surface area contributed by atoms with E-state index < -0.39 is 0 Å². The van der Waals surface area contributed by atoms with Gasteiger partial charge in [0.1, 0.15) is 11.9 Å². The average Bonchev–Trinajstić information content (AvgIpc) is 2.70. The van der Waals surface area contributed by atoms with Crippen LogP contribution in [0.2, 0.25) is 0 Å². The summed E-state index contributed by atoms with van der Waals surface area (Å²) in [6, 6.07) is 3.63. The molecule has 1 aliphatic rings. The van der Waals surface area contributed by atoms with Gasteiger partial charge in [-0.3, -0.25) is 9.69 Å². The van der Waals surface area contributed by atoms with E-state index in [0.717, 1.165) is 0 Å². The number of halogens is 1. The fourth-order valence-corrected chi connectivity index (χ4v) is 2.28. The Kier molecular flexibility index (Phi) is 3.12. The summed E-state index contributed by atoms with van der Waals surface area (Å²) in [5, 5.41) is 8.73. The van der Waals surface area contributed by atoms with Gasteiger partial charge in [0.2, 0.25) is 5.91 Å². The van der Waals surface area contributed by atoms with Crippen LogP contribution in [0, 0.1) is 29.6 Å². The fraction of sp³-hybridized carbons (Fsp3) is 0.250. The van der Waals surface area contributed by atoms with Gasteiger partial charge in [-0.2, -0.15) is 5.26 Å². The molecule has 1 atom stereocenters. The van der Waals surface area contributed by atoms with E-state index in [1.54, 1.807) is 11.0 Å². The Bertz CT molecular complexity index is 556. The third-order valence-electron chi connectivity index (χ3n) is 2.57. The van der Waals surface area contributed by atoms with Crippen molar-refractivity contribution in [2.75, 3.05) is 11.4 Å². The molecule has 0 radical (unpaired) electrons. The number of amides is 1. The molecule has 1 amide bonds. The number of pyridine rings is 1. The predicted octanol–water partition coefficient (Wildman–Crippen LogP) is 1.70. The Labute approximate surface area is 107 Å². The number of nitrogens with zero attached hydrogens (tertiary/aromatic N) is 3. The van der Waals surface area contributed by atoms with E-state index in [-0.39, 0.29) is 11.8 Å². The van der Waals surface area contributed by atoms with Gasteiger partial charge < -0.3 is 0 Å². The van der Waals surface area contributed by atoms with E-state index in [9.17, 15) is 4.79 Å². The molecule has 1 fully saturated rings. The Morgan fingerprint density at radius 3 is 2.94 bits per heavy atom. The number of hydrogen-bond acceptors (Lipinski definition) is 3. The van der Waals surface area contributed by atoms with E-state index in [0.29, 0.717) is 28.8 Å². The summed E-state index contributed by atoms with van der Waals surface area (Å²) in [5.41, 5.74) is 0.445. The van der Waals surface area contributed by atoms with Gasteiger partial charge >= 0.3 is 0 Å². The Balaban J connectivity index is 2.33. The zero-order chi connectivity index (χ0) is 12.4. The minimum atomic E-state index is -0.0631. The van der Waals surface area contributed by atoms with E-state index >= 15 is 0 Å². The Morgan fingerprint density at radius 1 is 1.65 bits per heavy atom. The second kappa shape index (κ2) is 4.57. The average molecular weight is 290 g/mol. The van der Waals surface area contributed by atoms with E-state index in [2.05, 4.69) is 26.8 Å². The third kappa shape index (κ3) is 2.15. The number of hydrogen-bond donors (Lipinski definition) is 0. The van der Waals surface area contributed by atoms with Crippen LogP contribution in [-0.4, -0.2) is 17.4 Å². The summed E-state index contributed by atoms with van der Waals surface area (Å²) < 4.78 is 0.627. The van der Waals surface area contributed by atoms with Gasteiger partial charge in [-0.1, -0.05) is 0 Å². The van der Waals surface area contributed by atoms with Crippen molar-refractivity contribution < 1.29 is 4.79 Å². The van der Waals surface area contributed by atoms with Crippen LogP contribution in [0.25, 0.3) is 0 Å². The lowest BCUT2D eigenvalue weighted by Gasteiger charge is -2.16. The highest BCUT2D eigenvalue weighted by atomic mass is 79.9. The highest BCUT2D eigenvalue weighted by Gasteiger charge is 2.31. The van der Waals surface area contributed by atoms with E-state index in [1.807, 2.05) is 6.07 Å². The monoisotopic (exact) mass is 289 g/mol. The molecule has 2 heterocycles. The van der Waals surface area contributed by atoms with Crippen LogP contribution < -0.4 is 4.90 Å². The van der Waals surface area contributed by atoms with Crippen molar-refractivity contribution in [3.63, 3.8) is 0 Å². The van der Waals surface area contributed by atoms with Gasteiger partial charge in [-0.05, 0) is 22.0 Å². The molecule has 84 valence electrons. The lowest BCUT2D eigenvalue weighted by atomic mass is 10.1. The smallest absolute Gasteiger partial charge is 0.229 e. The largest absolute Gasteiger partial charge is 0.295 e. The number of aromatic nitrogens is 1. The molecule has 0 aromatic carbocycles. The molecule has 5 heteroatoms. The Morgan fingerprint density at radius 2 is 2.41 bits per heavy atom. The molecule has 2 rings (SSSR count). The first-order valence-corrected chi connectivity index (χ1v) is 5.77. The van der Waals surface area contributed by atoms with Crippen LogP contribution in [0.1, 0.15) is 12.0 Å². The van der Waals surface area contributed by atoms with Gasteiger partial charge in [0, 0.05) is 25.1 Å². The normalized spacial score (nSPS) is 18.9. The number of anilines is 1. The first-order chi connectivity index (χ1) is 8.15. The standard InChI is InChI=1S/C12H8BrN3O/c1-2-8-4-11(17)16(7-8)12-10(13)3-9(5-14)6-15-12/h1,3,6,8H,4,7H2. The molecule has 0 saturated carbocycles. The molecule has 0 spiro atoms. The van der Waals surface area contributed by atoms with Crippen LogP contribution in [0.5, 0.6) is 0 Å². The molecule has 17 heavy (non-hydrogen) atoms. The fourth-order valence-electron chi connectivity index (χ4n) is 1.71. The van der Waals surface area contributed by atoms with Crippen molar-refractivity contribution in [1.29, 1.82) is 5.26 Å². The highest BCUT2D eigenvalue weighted by molar-refractivity contribution is 9.10. The molecule has 0 aliphatic carbocycles. The van der Waals surface area contributed by atoms with E-state index in [1.165, 1.54) is 6.20 Å². The molecule has 1 aromatic rings. The zero-order valence-electron chi connectivity index (χ0n) is 8.85. The van der Waals surface area contributed by atoms with Crippen molar-refractivity contribution in [1.82, 2.24) is 4.98 Å². The first kappa shape index (κ1) is 11.6. The van der Waals surface area contributed by atoms with Crippen molar-refractivity contribution in [2.45, 2.75) is 6.42 Å². The van der Waals surface area contributed by atoms with Crippen LogP contribution in [-0.2, 0) is 4.79 Å². The second-order valence-electron chi connectivity index (χ2n) is 3.71. The third-order valence-corrected chi connectivity index (χ3v) is 3.15. The van der Waals surface area contributed by atoms with E-state index in [4.69, 9.17) is 11.7 Å². The van der Waals surface area contributed by atoms with Gasteiger partial charge in [0.15, 0.2) is 0 Å². The van der Waals surface area contributed by atoms with Gasteiger partial charge in [-0.15, -0.1) is 12.3 Å². The molecule has 0 N–H and O–H groups in total. The summed E-state index contributed by atoms with van der Waals surface area (Å²) in [6.45, 7) is 0.479. The molecule has 1 aliphatic heterocycles. The summed E-state index contributed by atoms with van der Waals surface area (Å²) in [5.74, 6) is 3.00. The van der Waals surface area contributed by atoms with Gasteiger partial charge in [0.25, 0.3) is 0 Å². The van der Waals surface area contributed by atoms with Crippen LogP contribution in [0.3, 0.4) is 0 Å². The van der Waals surface area contributed by atoms with Crippen LogP contribution in [0.15, 0.2) is 16.7 Å². The van der Waals surface area contributed by atoms with Crippen LogP contribution >= 0.6 is 15.9 Å². The second-order valence-corrected chi connectivity index (χ2v) is 4.57. The van der Waals surface area contributed by atoms with Gasteiger partial charge in [0.05, 0.1) is 10.0 Å². The first-order valence-electron chi connectivity index (χ1n) is 4.98. The lowest BCUT2D eigenvalue weighted by molar-refractivity contribution is -0.117. The lowest BCUT2D eigenvalue weighted by Crippen LogP contribution is -2.25. The van der Waals surface area contributed by atoms with Crippen molar-refractivity contribution >= 4 is 27.7 Å². The highest BCUT2D eigenvalue weighted by Crippen LogP contribution is 2.29. The molecular weight excluding hydrogens is 282 g/mol. The molecule has 4 nitrogen and oxygen atoms in total. The summed E-state index contributed by atoms with van der Waals surface area (Å²) in [4.78, 5) is 17.4. The minimum absolute atomic E-state index is 0.0362. The molecular formula is C12H8BrN3O. The number of rotatable bonds is 1. The topological polar surface area (TPSA) is 57.0 Å². The number of nitriles is 1. The van der Waals surface area contributed by atoms with Crippen LogP contribution in [0.4, 0.5) is 5.82 Å². The maximum atomic E-state index is 11.8. The molecule has 1 unspecified atom stereocenters. The zero-order valence-corrected chi connectivity index (χ0v) is 10.4. The SMILES string of the molecule is C#CC1CC(=O)N(c2ncc(C#N)cc2Br)C1. The van der Waals surface area contributed by atoms with Crippen molar-refractivity contribution in [2.24, 2.45) is 5.92 Å². The summed E-state index contributed by atoms with van der Waals surface area (Å²) >= 11 is 3.31. The number of terminal acetylenes is 1. The summed E-state index contributed by atoms with van der Waals surface area (Å²) in [6.07, 6.45) is 7.11. The maximum Gasteiger partial charge on any atom is 0.229 e.